The Morgan fingerprint density at radius 1 is 1.19 bits per heavy atom. The fraction of sp³-hybridized carbons (Fsp3) is 0.567. The van der Waals surface area contributed by atoms with Gasteiger partial charge in [0.2, 0.25) is 5.91 Å². The van der Waals surface area contributed by atoms with Crippen LogP contribution in [0.2, 0.25) is 5.02 Å². The monoisotopic (exact) mass is 617 g/mol. The first kappa shape index (κ1) is 32.1. The highest BCUT2D eigenvalue weighted by Gasteiger charge is 2.44. The number of aromatic nitrogens is 2. The van der Waals surface area contributed by atoms with E-state index < -0.39 is 11.3 Å². The lowest BCUT2D eigenvalue weighted by Crippen LogP contribution is -2.46. The van der Waals surface area contributed by atoms with Gasteiger partial charge in [0.25, 0.3) is 11.8 Å². The Morgan fingerprint density at radius 3 is 2.65 bits per heavy atom. The van der Waals surface area contributed by atoms with E-state index >= 15 is 0 Å². The van der Waals surface area contributed by atoms with E-state index in [-0.39, 0.29) is 74.3 Å². The molecule has 2 N–H and O–H groups in total. The molecule has 1 aliphatic carbocycles. The SMILES string of the molecule is CCOC(=O)C1(CC2CC2)CNC(=O)CCCN(C(=O)c2nn(C)cc2Cl)CCNC(=O)COc2cc(ccc2OC)C1. The molecule has 12 nitrogen and oxygen atoms in total. The summed E-state index contributed by atoms with van der Waals surface area (Å²) in [7, 11) is 3.17. The Kier molecular flexibility index (Phi) is 10.9. The average molecular weight is 618 g/mol. The Balaban J connectivity index is 1.61. The number of aryl methyl sites for hydroxylation is 1. The number of hydrogen-bond acceptors (Lipinski definition) is 8. The number of rotatable bonds is 6. The smallest absolute Gasteiger partial charge is 0.314 e. The second-order valence-electron chi connectivity index (χ2n) is 11.1. The largest absolute Gasteiger partial charge is 0.493 e. The summed E-state index contributed by atoms with van der Waals surface area (Å²) in [6, 6.07) is 5.35. The molecule has 1 saturated carbocycles. The first-order chi connectivity index (χ1) is 20.6. The van der Waals surface area contributed by atoms with E-state index in [1.165, 1.54) is 22.9 Å². The molecule has 1 fully saturated rings. The maximum absolute atomic E-state index is 13.5. The fourth-order valence-electron chi connectivity index (χ4n) is 5.31. The summed E-state index contributed by atoms with van der Waals surface area (Å²) in [5.74, 6) is -0.226. The molecule has 0 radical (unpaired) electrons. The molecule has 2 aliphatic rings. The van der Waals surface area contributed by atoms with Gasteiger partial charge < -0.3 is 29.7 Å². The van der Waals surface area contributed by atoms with E-state index in [1.54, 1.807) is 26.1 Å². The number of fused-ring (bicyclic) bond motifs is 2. The second kappa shape index (κ2) is 14.6. The third-order valence-corrected chi connectivity index (χ3v) is 7.92. The van der Waals surface area contributed by atoms with Crippen LogP contribution in [0, 0.1) is 11.3 Å². The van der Waals surface area contributed by atoms with Gasteiger partial charge >= 0.3 is 5.97 Å². The van der Waals surface area contributed by atoms with Crippen molar-refractivity contribution in [3.63, 3.8) is 0 Å². The summed E-state index contributed by atoms with van der Waals surface area (Å²) in [5, 5.41) is 10.1. The summed E-state index contributed by atoms with van der Waals surface area (Å²) < 4.78 is 18.3. The van der Waals surface area contributed by atoms with Crippen LogP contribution < -0.4 is 20.1 Å². The molecular formula is C30H40ClN5O7. The van der Waals surface area contributed by atoms with Gasteiger partial charge in [0.1, 0.15) is 0 Å². The number of hydrogen-bond donors (Lipinski definition) is 2. The van der Waals surface area contributed by atoms with Crippen molar-refractivity contribution in [3.8, 4) is 11.5 Å². The molecule has 2 heterocycles. The molecule has 4 rings (SSSR count). The molecule has 1 aliphatic heterocycles. The summed E-state index contributed by atoms with van der Waals surface area (Å²) in [4.78, 5) is 54.0. The minimum absolute atomic E-state index is 0.0942. The Hall–Kier alpha value is -3.80. The molecule has 1 aromatic heterocycles. The van der Waals surface area contributed by atoms with Crippen molar-refractivity contribution in [3.05, 3.63) is 40.7 Å². The third kappa shape index (κ3) is 8.62. The van der Waals surface area contributed by atoms with E-state index in [0.717, 1.165) is 18.4 Å². The highest BCUT2D eigenvalue weighted by molar-refractivity contribution is 6.33. The Labute approximate surface area is 256 Å². The van der Waals surface area contributed by atoms with Crippen molar-refractivity contribution >= 4 is 35.3 Å². The van der Waals surface area contributed by atoms with Gasteiger partial charge in [-0.25, -0.2) is 0 Å². The number of halogens is 1. The third-order valence-electron chi connectivity index (χ3n) is 7.65. The quantitative estimate of drug-likeness (QED) is 0.471. The number of esters is 1. The molecule has 1 unspecified atom stereocenters. The number of amides is 3. The van der Waals surface area contributed by atoms with Crippen molar-refractivity contribution in [1.82, 2.24) is 25.3 Å². The number of carbonyl (C=O) groups excluding carboxylic acids is 4. The van der Waals surface area contributed by atoms with Crippen LogP contribution in [0.1, 0.15) is 55.1 Å². The van der Waals surface area contributed by atoms with Crippen LogP contribution >= 0.6 is 11.6 Å². The van der Waals surface area contributed by atoms with Crippen LogP contribution in [-0.4, -0.2) is 84.9 Å². The molecule has 0 spiro atoms. The molecule has 1 aromatic carbocycles. The van der Waals surface area contributed by atoms with Crippen molar-refractivity contribution in [2.75, 3.05) is 46.5 Å². The highest BCUT2D eigenvalue weighted by atomic mass is 35.5. The Morgan fingerprint density at radius 2 is 1.98 bits per heavy atom. The molecule has 3 amide bonds. The van der Waals surface area contributed by atoms with E-state index in [0.29, 0.717) is 36.7 Å². The van der Waals surface area contributed by atoms with Crippen LogP contribution in [0.3, 0.4) is 0 Å². The number of carbonyl (C=O) groups is 4. The molecule has 234 valence electrons. The van der Waals surface area contributed by atoms with Gasteiger partial charge in [0, 0.05) is 45.8 Å². The summed E-state index contributed by atoms with van der Waals surface area (Å²) in [6.45, 7) is 2.38. The number of methoxy groups -OCH3 is 1. The molecule has 2 bridgehead atoms. The van der Waals surface area contributed by atoms with Gasteiger partial charge in [-0.05, 0) is 49.8 Å². The molecular weight excluding hydrogens is 578 g/mol. The zero-order chi connectivity index (χ0) is 31.0. The van der Waals surface area contributed by atoms with E-state index in [2.05, 4.69) is 15.7 Å². The van der Waals surface area contributed by atoms with Gasteiger partial charge in [-0.3, -0.25) is 23.9 Å². The maximum atomic E-state index is 13.5. The van der Waals surface area contributed by atoms with Crippen LogP contribution in [0.4, 0.5) is 0 Å². The van der Waals surface area contributed by atoms with Gasteiger partial charge in [0.15, 0.2) is 23.8 Å². The lowest BCUT2D eigenvalue weighted by atomic mass is 9.76. The highest BCUT2D eigenvalue weighted by Crippen LogP contribution is 2.43. The standard InChI is InChI=1S/C30H40ClN5O7/c1-4-42-29(40)30(15-20-7-8-20)16-21-9-10-23(41-3)24(14-21)43-18-26(38)32-11-13-36(12-5-6-25(37)33-19-30)28(39)27-22(31)17-35(2)34-27/h9-10,14,17,20H,4-8,11-13,15-16,18-19H2,1-3H3,(H,32,38)(H,33,37). The number of nitrogens with zero attached hydrogens (tertiary/aromatic N) is 3. The predicted molar refractivity (Wildman–Crippen MR) is 158 cm³/mol. The second-order valence-corrected chi connectivity index (χ2v) is 11.5. The minimum atomic E-state index is -0.987. The molecule has 2 aromatic rings. The lowest BCUT2D eigenvalue weighted by Gasteiger charge is -2.32. The summed E-state index contributed by atoms with van der Waals surface area (Å²) in [6.07, 6.45) is 4.94. The van der Waals surface area contributed by atoms with Gasteiger partial charge in [0.05, 0.1) is 24.2 Å². The van der Waals surface area contributed by atoms with E-state index in [4.69, 9.17) is 25.8 Å². The van der Waals surface area contributed by atoms with Crippen LogP contribution in [0.5, 0.6) is 11.5 Å². The molecule has 43 heavy (non-hydrogen) atoms. The van der Waals surface area contributed by atoms with Crippen LogP contribution in [0.15, 0.2) is 24.4 Å². The van der Waals surface area contributed by atoms with Gasteiger partial charge in [-0.2, -0.15) is 5.10 Å². The number of benzene rings is 1. The maximum Gasteiger partial charge on any atom is 0.314 e. The van der Waals surface area contributed by atoms with Crippen molar-refractivity contribution in [1.29, 1.82) is 0 Å². The Bertz CT molecular complexity index is 1330. The molecule has 1 atom stereocenters. The zero-order valence-electron chi connectivity index (χ0n) is 24.9. The zero-order valence-corrected chi connectivity index (χ0v) is 25.7. The number of ether oxygens (including phenoxy) is 3. The average Bonchev–Trinajstić information content (AvgIpc) is 3.73. The molecule has 0 saturated heterocycles. The van der Waals surface area contributed by atoms with E-state index in [9.17, 15) is 19.2 Å². The van der Waals surface area contributed by atoms with Crippen molar-refractivity contribution < 1.29 is 33.4 Å². The van der Waals surface area contributed by atoms with Crippen LogP contribution in [0.25, 0.3) is 0 Å². The van der Waals surface area contributed by atoms with Crippen molar-refractivity contribution in [2.45, 2.75) is 45.4 Å². The lowest BCUT2D eigenvalue weighted by molar-refractivity contribution is -0.156. The molecule has 13 heteroatoms. The summed E-state index contributed by atoms with van der Waals surface area (Å²) >= 11 is 6.22. The normalized spacial score (nSPS) is 20.6. The predicted octanol–water partition coefficient (Wildman–Crippen LogP) is 2.52. The topological polar surface area (TPSA) is 141 Å². The van der Waals surface area contributed by atoms with Gasteiger partial charge in [-0.1, -0.05) is 30.5 Å². The number of nitrogens with one attached hydrogen (secondary N) is 2. The van der Waals surface area contributed by atoms with Crippen molar-refractivity contribution in [2.24, 2.45) is 18.4 Å². The fourth-order valence-corrected chi connectivity index (χ4v) is 5.57. The minimum Gasteiger partial charge on any atom is -0.493 e. The first-order valence-corrected chi connectivity index (χ1v) is 15.0. The van der Waals surface area contributed by atoms with Gasteiger partial charge in [-0.15, -0.1) is 0 Å². The van der Waals surface area contributed by atoms with E-state index in [1.807, 2.05) is 6.07 Å². The summed E-state index contributed by atoms with van der Waals surface area (Å²) in [5.41, 5.74) is -0.0986. The van der Waals surface area contributed by atoms with Crippen LogP contribution in [-0.2, 0) is 32.6 Å². The first-order valence-electron chi connectivity index (χ1n) is 14.6.